The number of aliphatic imine (C=N–C) groups is 1. The Morgan fingerprint density at radius 1 is 1.29 bits per heavy atom. The van der Waals surface area contributed by atoms with E-state index < -0.39 is 0 Å². The SMILES string of the molecule is CN(C)C(Cl)=Nc1c(Cl)ncnc1Cl. The van der Waals surface area contributed by atoms with Crippen molar-refractivity contribution in [3.63, 3.8) is 0 Å². The molecule has 0 amide bonds. The number of halogens is 3. The fraction of sp³-hybridized carbons (Fsp3) is 0.286. The lowest BCUT2D eigenvalue weighted by molar-refractivity contribution is 0.635. The molecular formula is C7H7Cl3N4. The van der Waals surface area contributed by atoms with Gasteiger partial charge < -0.3 is 4.90 Å². The summed E-state index contributed by atoms with van der Waals surface area (Å²) < 4.78 is 0. The first-order valence-corrected chi connectivity index (χ1v) is 4.73. The molecule has 0 bridgehead atoms. The Bertz CT molecular complexity index is 344. The molecule has 0 saturated carbocycles. The third-order valence-electron chi connectivity index (χ3n) is 1.31. The van der Waals surface area contributed by atoms with Crippen molar-refractivity contribution >= 4 is 45.8 Å². The molecule has 14 heavy (non-hydrogen) atoms. The number of nitrogens with zero attached hydrogens (tertiary/aromatic N) is 4. The van der Waals surface area contributed by atoms with Gasteiger partial charge in [0.1, 0.15) is 12.0 Å². The first-order chi connectivity index (χ1) is 6.52. The molecule has 1 aromatic rings. The number of hydrogen-bond donors (Lipinski definition) is 0. The molecule has 0 spiro atoms. The zero-order valence-corrected chi connectivity index (χ0v) is 9.77. The summed E-state index contributed by atoms with van der Waals surface area (Å²) in [4.78, 5) is 13.1. The van der Waals surface area contributed by atoms with Crippen LogP contribution in [0.2, 0.25) is 10.3 Å². The van der Waals surface area contributed by atoms with Gasteiger partial charge in [0.2, 0.25) is 0 Å². The van der Waals surface area contributed by atoms with E-state index in [2.05, 4.69) is 15.0 Å². The Morgan fingerprint density at radius 3 is 2.21 bits per heavy atom. The van der Waals surface area contributed by atoms with Crippen LogP contribution in [0.15, 0.2) is 11.3 Å². The Hall–Kier alpha value is -0.580. The summed E-state index contributed by atoms with van der Waals surface area (Å²) in [5.41, 5.74) is 0.273. The minimum Gasteiger partial charge on any atom is -0.353 e. The highest BCUT2D eigenvalue weighted by molar-refractivity contribution is 6.64. The molecule has 1 aromatic heterocycles. The minimum atomic E-state index is 0.171. The van der Waals surface area contributed by atoms with Crippen LogP contribution in [-0.2, 0) is 0 Å². The second kappa shape index (κ2) is 4.77. The largest absolute Gasteiger partial charge is 0.353 e. The predicted octanol–water partition coefficient (Wildman–Crippen LogP) is 2.57. The molecule has 0 atom stereocenters. The fourth-order valence-corrected chi connectivity index (χ4v) is 1.11. The number of rotatable bonds is 1. The summed E-state index contributed by atoms with van der Waals surface area (Å²) in [6, 6.07) is 0. The van der Waals surface area contributed by atoms with Gasteiger partial charge in [0.15, 0.2) is 15.6 Å². The van der Waals surface area contributed by atoms with Crippen LogP contribution in [0.25, 0.3) is 0 Å². The fourth-order valence-electron chi connectivity index (χ4n) is 0.622. The van der Waals surface area contributed by atoms with Crippen LogP contribution in [0, 0.1) is 0 Å². The molecule has 7 heteroatoms. The Labute approximate surface area is 96.5 Å². The molecule has 1 rings (SSSR count). The molecule has 0 aromatic carbocycles. The average molecular weight is 254 g/mol. The lowest BCUT2D eigenvalue weighted by Gasteiger charge is -2.08. The van der Waals surface area contributed by atoms with E-state index in [1.165, 1.54) is 6.33 Å². The molecule has 0 saturated heterocycles. The molecule has 1 heterocycles. The van der Waals surface area contributed by atoms with Gasteiger partial charge in [-0.05, 0) is 11.6 Å². The molecule has 0 N–H and O–H groups in total. The van der Waals surface area contributed by atoms with E-state index in [1.54, 1.807) is 19.0 Å². The quantitative estimate of drug-likeness (QED) is 0.334. The standard InChI is InChI=1S/C7H7Cl3N4/c1-14(2)7(10)13-4-5(8)11-3-12-6(4)9/h3H,1-2H3. The van der Waals surface area contributed by atoms with Crippen molar-refractivity contribution in [2.24, 2.45) is 4.99 Å². The van der Waals surface area contributed by atoms with E-state index in [1.807, 2.05) is 0 Å². The highest BCUT2D eigenvalue weighted by atomic mass is 35.5. The average Bonchev–Trinajstić information content (AvgIpc) is 2.11. The van der Waals surface area contributed by atoms with Crippen LogP contribution in [0.1, 0.15) is 0 Å². The van der Waals surface area contributed by atoms with Crippen LogP contribution in [-0.4, -0.2) is 34.3 Å². The zero-order valence-electron chi connectivity index (χ0n) is 7.50. The van der Waals surface area contributed by atoms with E-state index in [-0.39, 0.29) is 21.3 Å². The second-order valence-corrected chi connectivity index (χ2v) is 3.63. The van der Waals surface area contributed by atoms with Crippen molar-refractivity contribution in [2.75, 3.05) is 14.1 Å². The summed E-state index contributed by atoms with van der Waals surface area (Å²) in [6.07, 6.45) is 1.26. The van der Waals surface area contributed by atoms with E-state index in [0.29, 0.717) is 0 Å². The van der Waals surface area contributed by atoms with Gasteiger partial charge in [-0.15, -0.1) is 0 Å². The van der Waals surface area contributed by atoms with Crippen LogP contribution in [0.3, 0.4) is 0 Å². The molecule has 0 unspecified atom stereocenters. The number of aromatic nitrogens is 2. The summed E-state index contributed by atoms with van der Waals surface area (Å²) in [5.74, 6) is 0. The zero-order chi connectivity index (χ0) is 10.7. The molecule has 0 fully saturated rings. The maximum Gasteiger partial charge on any atom is 0.198 e. The maximum atomic E-state index is 5.80. The molecule has 4 nitrogen and oxygen atoms in total. The van der Waals surface area contributed by atoms with Gasteiger partial charge in [0, 0.05) is 14.1 Å². The van der Waals surface area contributed by atoms with Crippen molar-refractivity contribution in [1.29, 1.82) is 0 Å². The minimum absolute atomic E-state index is 0.171. The van der Waals surface area contributed by atoms with Crippen molar-refractivity contribution in [2.45, 2.75) is 0 Å². The summed E-state index contributed by atoms with van der Waals surface area (Å²) >= 11 is 17.3. The van der Waals surface area contributed by atoms with Gasteiger partial charge >= 0.3 is 0 Å². The molecule has 0 aliphatic rings. The van der Waals surface area contributed by atoms with Gasteiger partial charge in [-0.2, -0.15) is 0 Å². The van der Waals surface area contributed by atoms with Gasteiger partial charge in [0.25, 0.3) is 0 Å². The van der Waals surface area contributed by atoms with Gasteiger partial charge in [-0.25, -0.2) is 15.0 Å². The summed E-state index contributed by atoms with van der Waals surface area (Å²) in [5, 5.41) is 0.596. The first-order valence-electron chi connectivity index (χ1n) is 3.60. The van der Waals surface area contributed by atoms with Crippen LogP contribution in [0.4, 0.5) is 5.69 Å². The highest BCUT2D eigenvalue weighted by Crippen LogP contribution is 2.29. The smallest absolute Gasteiger partial charge is 0.198 e. The summed E-state index contributed by atoms with van der Waals surface area (Å²) in [7, 11) is 3.49. The van der Waals surface area contributed by atoms with Gasteiger partial charge in [-0.1, -0.05) is 23.2 Å². The third-order valence-corrected chi connectivity index (χ3v) is 2.28. The lowest BCUT2D eigenvalue weighted by Crippen LogP contribution is -2.15. The van der Waals surface area contributed by atoms with Gasteiger partial charge in [-0.3, -0.25) is 0 Å². The monoisotopic (exact) mass is 252 g/mol. The van der Waals surface area contributed by atoms with E-state index in [4.69, 9.17) is 34.8 Å². The van der Waals surface area contributed by atoms with Crippen molar-refractivity contribution in [3.8, 4) is 0 Å². The van der Waals surface area contributed by atoms with Gasteiger partial charge in [0.05, 0.1) is 0 Å². The Balaban J connectivity index is 3.14. The molecule has 0 aliphatic carbocycles. The highest BCUT2D eigenvalue weighted by Gasteiger charge is 2.08. The normalized spacial score (nSPS) is 11.6. The van der Waals surface area contributed by atoms with Crippen molar-refractivity contribution < 1.29 is 0 Å². The van der Waals surface area contributed by atoms with Crippen molar-refractivity contribution in [1.82, 2.24) is 14.9 Å². The maximum absolute atomic E-state index is 5.80. The Morgan fingerprint density at radius 2 is 1.79 bits per heavy atom. The predicted molar refractivity (Wildman–Crippen MR) is 58.7 cm³/mol. The topological polar surface area (TPSA) is 41.4 Å². The van der Waals surface area contributed by atoms with Crippen LogP contribution in [0.5, 0.6) is 0 Å². The van der Waals surface area contributed by atoms with Crippen molar-refractivity contribution in [3.05, 3.63) is 16.6 Å². The molecule has 0 radical (unpaired) electrons. The number of amidine groups is 1. The Kier molecular flexibility index (Phi) is 3.92. The molecular weight excluding hydrogens is 246 g/mol. The molecule has 0 aliphatic heterocycles. The van der Waals surface area contributed by atoms with E-state index in [0.717, 1.165) is 0 Å². The lowest BCUT2D eigenvalue weighted by atomic mass is 10.5. The van der Waals surface area contributed by atoms with E-state index in [9.17, 15) is 0 Å². The molecule has 76 valence electrons. The first kappa shape index (κ1) is 11.5. The van der Waals surface area contributed by atoms with Crippen LogP contribution >= 0.6 is 34.8 Å². The number of hydrogen-bond acceptors (Lipinski definition) is 3. The third kappa shape index (κ3) is 2.70. The summed E-state index contributed by atoms with van der Waals surface area (Å²) in [6.45, 7) is 0. The van der Waals surface area contributed by atoms with E-state index >= 15 is 0 Å². The van der Waals surface area contributed by atoms with Crippen LogP contribution < -0.4 is 0 Å². The second-order valence-electron chi connectivity index (χ2n) is 2.58.